The second-order valence-corrected chi connectivity index (χ2v) is 11.0. The highest BCUT2D eigenvalue weighted by Crippen LogP contribution is 2.68. The molecule has 0 saturated heterocycles. The van der Waals surface area contributed by atoms with Gasteiger partial charge in [0, 0.05) is 6.42 Å². The summed E-state index contributed by atoms with van der Waals surface area (Å²) in [5.74, 6) is 2.39. The molecule has 4 rings (SSSR count). The number of carboxylic acids is 1. The number of hydrogen-bond acceptors (Lipinski definition) is 2. The standard InChI is InChI=1S/C24H38O3/c1-15(14-21(25)22(26)27)18-9-10-19-17-8-7-16-6-4-5-12-23(16,2)20(17)11-13-24(18,19)3/h15-20H,4-14H2,1-3H3,(H,26,27)/t15-,16?,17+,18-,19+,20+,23+,24-/m1/s1. The first-order chi connectivity index (χ1) is 12.8. The van der Waals surface area contributed by atoms with Gasteiger partial charge in [0.2, 0.25) is 5.78 Å². The molecular formula is C24H38O3. The Morgan fingerprint density at radius 1 is 0.926 bits per heavy atom. The average molecular weight is 375 g/mol. The smallest absolute Gasteiger partial charge is 0.372 e. The lowest BCUT2D eigenvalue weighted by Gasteiger charge is -2.61. The third-order valence-electron chi connectivity index (χ3n) is 10.1. The molecule has 1 unspecified atom stereocenters. The maximum atomic E-state index is 11.8. The van der Waals surface area contributed by atoms with Gasteiger partial charge in [-0.1, -0.05) is 33.6 Å². The Labute approximate surface area is 164 Å². The van der Waals surface area contributed by atoms with Gasteiger partial charge in [-0.3, -0.25) is 4.79 Å². The molecule has 27 heavy (non-hydrogen) atoms. The highest BCUT2D eigenvalue weighted by Gasteiger charge is 2.60. The Hall–Kier alpha value is -0.860. The van der Waals surface area contributed by atoms with E-state index >= 15 is 0 Å². The molecule has 4 fully saturated rings. The molecule has 0 aliphatic heterocycles. The average Bonchev–Trinajstić information content (AvgIpc) is 2.98. The zero-order valence-corrected chi connectivity index (χ0v) is 17.5. The Balaban J connectivity index is 1.53. The van der Waals surface area contributed by atoms with Crippen LogP contribution in [0.1, 0.15) is 91.4 Å². The van der Waals surface area contributed by atoms with E-state index in [9.17, 15) is 9.59 Å². The van der Waals surface area contributed by atoms with E-state index in [0.29, 0.717) is 16.7 Å². The van der Waals surface area contributed by atoms with Crippen LogP contribution in [0.4, 0.5) is 0 Å². The van der Waals surface area contributed by atoms with E-state index in [2.05, 4.69) is 20.8 Å². The van der Waals surface area contributed by atoms with Crippen LogP contribution < -0.4 is 0 Å². The van der Waals surface area contributed by atoms with Gasteiger partial charge in [-0.05, 0) is 97.7 Å². The van der Waals surface area contributed by atoms with E-state index in [0.717, 1.165) is 23.7 Å². The summed E-state index contributed by atoms with van der Waals surface area (Å²) in [6, 6.07) is 0. The number of carbonyl (C=O) groups is 2. The lowest BCUT2D eigenvalue weighted by molar-refractivity contribution is -0.150. The van der Waals surface area contributed by atoms with Crippen molar-refractivity contribution in [2.75, 3.05) is 0 Å². The molecule has 0 aromatic heterocycles. The summed E-state index contributed by atoms with van der Waals surface area (Å²) in [6.07, 6.45) is 14.0. The molecule has 0 aromatic carbocycles. The Bertz CT molecular complexity index is 613. The molecule has 0 amide bonds. The number of carboxylic acid groups (broad SMARTS) is 1. The fourth-order valence-electron chi connectivity index (χ4n) is 8.79. The SMILES string of the molecule is C[C@H](CC(=O)C(=O)O)[C@H]1CC[C@H]2[C@@H]3CCC4CCCC[C@]4(C)[C@H]3CC[C@]12C. The molecule has 152 valence electrons. The van der Waals surface area contributed by atoms with Gasteiger partial charge >= 0.3 is 5.97 Å². The maximum Gasteiger partial charge on any atom is 0.372 e. The summed E-state index contributed by atoms with van der Waals surface area (Å²) in [5.41, 5.74) is 0.892. The molecule has 4 aliphatic rings. The van der Waals surface area contributed by atoms with E-state index in [1.54, 1.807) is 0 Å². The molecule has 0 aromatic rings. The van der Waals surface area contributed by atoms with Gasteiger partial charge in [0.1, 0.15) is 0 Å². The first-order valence-corrected chi connectivity index (χ1v) is 11.5. The Morgan fingerprint density at radius 3 is 2.41 bits per heavy atom. The van der Waals surface area contributed by atoms with Gasteiger partial charge in [-0.25, -0.2) is 4.79 Å². The van der Waals surface area contributed by atoms with Crippen LogP contribution in [0.25, 0.3) is 0 Å². The summed E-state index contributed by atoms with van der Waals surface area (Å²) in [5, 5.41) is 9.01. The minimum atomic E-state index is -1.26. The predicted octanol–water partition coefficient (Wildman–Crippen LogP) is 5.72. The topological polar surface area (TPSA) is 54.4 Å². The molecule has 3 nitrogen and oxygen atoms in total. The fraction of sp³-hybridized carbons (Fsp3) is 0.917. The second-order valence-electron chi connectivity index (χ2n) is 11.0. The summed E-state index contributed by atoms with van der Waals surface area (Å²) in [6.45, 7) is 7.24. The first kappa shape index (κ1) is 19.5. The monoisotopic (exact) mass is 374 g/mol. The molecule has 4 saturated carbocycles. The summed E-state index contributed by atoms with van der Waals surface area (Å²) >= 11 is 0. The molecule has 4 aliphatic carbocycles. The van der Waals surface area contributed by atoms with Crippen molar-refractivity contribution in [3.05, 3.63) is 0 Å². The normalized spacial score (nSPS) is 47.4. The zero-order valence-electron chi connectivity index (χ0n) is 17.5. The zero-order chi connectivity index (χ0) is 19.4. The van der Waals surface area contributed by atoms with Gasteiger partial charge in [-0.15, -0.1) is 0 Å². The van der Waals surface area contributed by atoms with E-state index < -0.39 is 11.8 Å². The van der Waals surface area contributed by atoms with Crippen molar-refractivity contribution in [2.24, 2.45) is 46.3 Å². The van der Waals surface area contributed by atoms with Crippen LogP contribution in [-0.2, 0) is 9.59 Å². The highest BCUT2D eigenvalue weighted by atomic mass is 16.4. The van der Waals surface area contributed by atoms with Crippen LogP contribution in [0.2, 0.25) is 0 Å². The number of aliphatic carboxylic acids is 1. The number of carbonyl (C=O) groups excluding carboxylic acids is 1. The van der Waals surface area contributed by atoms with Crippen molar-refractivity contribution >= 4 is 11.8 Å². The number of rotatable bonds is 4. The third kappa shape index (κ3) is 2.99. The van der Waals surface area contributed by atoms with Crippen molar-refractivity contribution in [3.63, 3.8) is 0 Å². The summed E-state index contributed by atoms with van der Waals surface area (Å²) in [4.78, 5) is 22.8. The second kappa shape index (κ2) is 6.88. The van der Waals surface area contributed by atoms with Crippen LogP contribution in [0.3, 0.4) is 0 Å². The summed E-state index contributed by atoms with van der Waals surface area (Å²) in [7, 11) is 0. The van der Waals surface area contributed by atoms with Crippen molar-refractivity contribution in [2.45, 2.75) is 91.4 Å². The maximum absolute atomic E-state index is 11.8. The number of Topliss-reactive ketones (excluding diaryl/α,β-unsaturated/α-hetero) is 1. The van der Waals surface area contributed by atoms with Crippen molar-refractivity contribution in [1.29, 1.82) is 0 Å². The lowest BCUT2D eigenvalue weighted by Crippen LogP contribution is -2.53. The van der Waals surface area contributed by atoms with E-state index in [4.69, 9.17) is 5.11 Å². The largest absolute Gasteiger partial charge is 0.476 e. The van der Waals surface area contributed by atoms with Gasteiger partial charge < -0.3 is 5.11 Å². The van der Waals surface area contributed by atoms with Gasteiger partial charge in [-0.2, -0.15) is 0 Å². The summed E-state index contributed by atoms with van der Waals surface area (Å²) < 4.78 is 0. The van der Waals surface area contributed by atoms with Crippen LogP contribution >= 0.6 is 0 Å². The molecular weight excluding hydrogens is 336 g/mol. The molecule has 0 heterocycles. The van der Waals surface area contributed by atoms with Gasteiger partial charge in [0.25, 0.3) is 0 Å². The number of hydrogen-bond donors (Lipinski definition) is 1. The minimum Gasteiger partial charge on any atom is -0.476 e. The van der Waals surface area contributed by atoms with Crippen LogP contribution in [-0.4, -0.2) is 16.9 Å². The molecule has 1 N–H and O–H groups in total. The number of fused-ring (bicyclic) bond motifs is 5. The molecule has 3 heteroatoms. The van der Waals surface area contributed by atoms with Crippen molar-refractivity contribution in [1.82, 2.24) is 0 Å². The van der Waals surface area contributed by atoms with E-state index in [-0.39, 0.29) is 12.3 Å². The first-order valence-electron chi connectivity index (χ1n) is 11.5. The minimum absolute atomic E-state index is 0.196. The van der Waals surface area contributed by atoms with Crippen LogP contribution in [0, 0.1) is 46.3 Å². The van der Waals surface area contributed by atoms with Crippen molar-refractivity contribution in [3.8, 4) is 0 Å². The number of ketones is 1. The molecule has 0 spiro atoms. The Kier molecular flexibility index (Phi) is 4.96. The quantitative estimate of drug-likeness (QED) is 0.641. The van der Waals surface area contributed by atoms with Gasteiger partial charge in [0.05, 0.1) is 0 Å². The Morgan fingerprint density at radius 2 is 1.67 bits per heavy atom. The van der Waals surface area contributed by atoms with Crippen LogP contribution in [0.15, 0.2) is 0 Å². The van der Waals surface area contributed by atoms with E-state index in [1.807, 2.05) is 0 Å². The van der Waals surface area contributed by atoms with Gasteiger partial charge in [0.15, 0.2) is 0 Å². The molecule has 0 radical (unpaired) electrons. The molecule has 8 atom stereocenters. The van der Waals surface area contributed by atoms with Crippen molar-refractivity contribution < 1.29 is 14.7 Å². The molecule has 0 bridgehead atoms. The highest BCUT2D eigenvalue weighted by molar-refractivity contribution is 6.32. The fourth-order valence-corrected chi connectivity index (χ4v) is 8.79. The lowest BCUT2D eigenvalue weighted by atomic mass is 9.44. The predicted molar refractivity (Wildman–Crippen MR) is 106 cm³/mol. The third-order valence-corrected chi connectivity index (χ3v) is 10.1. The van der Waals surface area contributed by atoms with Crippen LogP contribution in [0.5, 0.6) is 0 Å². The van der Waals surface area contributed by atoms with E-state index in [1.165, 1.54) is 64.2 Å².